The normalized spacial score (nSPS) is 12.2. The van der Waals surface area contributed by atoms with Crippen LogP contribution in [0.4, 0.5) is 0 Å². The number of amides is 3. The van der Waals surface area contributed by atoms with Gasteiger partial charge in [0.05, 0.1) is 0 Å². The van der Waals surface area contributed by atoms with Gasteiger partial charge in [0.25, 0.3) is 11.8 Å². The van der Waals surface area contributed by atoms with Crippen molar-refractivity contribution in [2.75, 3.05) is 0 Å². The number of benzene rings is 1. The zero-order valence-electron chi connectivity index (χ0n) is 13.0. The molecule has 0 radical (unpaired) electrons. The Hall–Kier alpha value is -2.08. The van der Waals surface area contributed by atoms with Crippen LogP contribution in [0.5, 0.6) is 0 Å². The fourth-order valence-electron chi connectivity index (χ4n) is 1.38. The summed E-state index contributed by atoms with van der Waals surface area (Å²) in [5.74, 6) is -1.24. The quantitative estimate of drug-likeness (QED) is 0.738. The molecule has 0 aliphatic heterocycles. The third kappa shape index (κ3) is 5.37. The predicted molar refractivity (Wildman–Crippen MR) is 84.1 cm³/mol. The average Bonchev–Trinajstić information content (AvgIpc) is 2.43. The Morgan fingerprint density at radius 1 is 1.05 bits per heavy atom. The molecule has 0 spiro atoms. The number of rotatable bonds is 3. The van der Waals surface area contributed by atoms with E-state index >= 15 is 0 Å². The number of nitrogens with one attached hydrogen (secondary N) is 3. The van der Waals surface area contributed by atoms with Gasteiger partial charge in [-0.2, -0.15) is 0 Å². The molecule has 0 saturated carbocycles. The highest BCUT2D eigenvalue weighted by Crippen LogP contribution is 2.12. The van der Waals surface area contributed by atoms with Crippen LogP contribution in [0.15, 0.2) is 24.3 Å². The summed E-state index contributed by atoms with van der Waals surface area (Å²) in [4.78, 5) is 35.4. The third-order valence-corrected chi connectivity index (χ3v) is 3.08. The second-order valence-electron chi connectivity index (χ2n) is 5.90. The van der Waals surface area contributed by atoms with Gasteiger partial charge in [0.1, 0.15) is 6.04 Å². The van der Waals surface area contributed by atoms with Gasteiger partial charge in [-0.3, -0.25) is 25.2 Å². The maximum atomic E-state index is 11.8. The van der Waals surface area contributed by atoms with Crippen LogP contribution in [0.1, 0.15) is 38.1 Å². The molecule has 0 fully saturated rings. The van der Waals surface area contributed by atoms with Crippen molar-refractivity contribution in [1.29, 1.82) is 0 Å². The zero-order valence-corrected chi connectivity index (χ0v) is 13.7. The molecule has 3 amide bonds. The van der Waals surface area contributed by atoms with Gasteiger partial charge in [-0.1, -0.05) is 32.4 Å². The number of carbonyl (C=O) groups is 3. The average molecular weight is 326 g/mol. The highest BCUT2D eigenvalue weighted by molar-refractivity contribution is 6.30. The van der Waals surface area contributed by atoms with E-state index in [0.29, 0.717) is 10.6 Å². The van der Waals surface area contributed by atoms with Crippen LogP contribution in [-0.2, 0) is 9.59 Å². The van der Waals surface area contributed by atoms with Crippen molar-refractivity contribution in [3.8, 4) is 0 Å². The summed E-state index contributed by atoms with van der Waals surface area (Å²) >= 11 is 5.73. The summed E-state index contributed by atoms with van der Waals surface area (Å²) in [6.07, 6.45) is 0. The van der Waals surface area contributed by atoms with Crippen molar-refractivity contribution in [2.45, 2.75) is 33.7 Å². The lowest BCUT2D eigenvalue weighted by Gasteiger charge is -2.21. The molecule has 7 heteroatoms. The lowest BCUT2D eigenvalue weighted by atomic mass is 9.95. The summed E-state index contributed by atoms with van der Waals surface area (Å²) in [5.41, 5.74) is 4.31. The van der Waals surface area contributed by atoms with Crippen molar-refractivity contribution in [2.24, 2.45) is 5.41 Å². The van der Waals surface area contributed by atoms with Crippen LogP contribution in [-0.4, -0.2) is 23.8 Å². The van der Waals surface area contributed by atoms with Gasteiger partial charge < -0.3 is 5.32 Å². The predicted octanol–water partition coefficient (Wildman–Crippen LogP) is 1.65. The van der Waals surface area contributed by atoms with Gasteiger partial charge >= 0.3 is 0 Å². The van der Waals surface area contributed by atoms with Crippen molar-refractivity contribution in [1.82, 2.24) is 16.2 Å². The second kappa shape index (κ2) is 7.26. The Morgan fingerprint density at radius 2 is 1.59 bits per heavy atom. The number of hydrogen-bond acceptors (Lipinski definition) is 3. The standard InChI is InChI=1S/C15H20ClN3O3/c1-9(17-14(22)15(2,3)4)12(20)18-19-13(21)10-5-7-11(16)8-6-10/h5-9H,1-4H3,(H,17,22)(H,18,20)(H,19,21). The first-order valence-corrected chi connectivity index (χ1v) is 7.16. The minimum atomic E-state index is -0.766. The summed E-state index contributed by atoms with van der Waals surface area (Å²) in [5, 5.41) is 3.08. The van der Waals surface area contributed by atoms with E-state index in [2.05, 4.69) is 16.2 Å². The molecule has 22 heavy (non-hydrogen) atoms. The molecule has 1 unspecified atom stereocenters. The molecule has 1 aromatic rings. The van der Waals surface area contributed by atoms with Crippen molar-refractivity contribution < 1.29 is 14.4 Å². The highest BCUT2D eigenvalue weighted by atomic mass is 35.5. The lowest BCUT2D eigenvalue weighted by Crippen LogP contribution is -2.52. The first-order valence-electron chi connectivity index (χ1n) is 6.78. The van der Waals surface area contributed by atoms with Crippen molar-refractivity contribution >= 4 is 29.3 Å². The molecule has 3 N–H and O–H groups in total. The van der Waals surface area contributed by atoms with E-state index in [0.717, 1.165) is 0 Å². The highest BCUT2D eigenvalue weighted by Gasteiger charge is 2.25. The first kappa shape index (κ1) is 18.0. The zero-order chi connectivity index (χ0) is 16.9. The SMILES string of the molecule is CC(NC(=O)C(C)(C)C)C(=O)NNC(=O)c1ccc(Cl)cc1. The van der Waals surface area contributed by atoms with E-state index in [1.54, 1.807) is 32.9 Å². The molecule has 1 atom stereocenters. The second-order valence-corrected chi connectivity index (χ2v) is 6.33. The van der Waals surface area contributed by atoms with Gasteiger partial charge in [-0.25, -0.2) is 0 Å². The monoisotopic (exact) mass is 325 g/mol. The van der Waals surface area contributed by atoms with Crippen LogP contribution in [0.3, 0.4) is 0 Å². The van der Waals surface area contributed by atoms with Gasteiger partial charge in [0.15, 0.2) is 0 Å². The van der Waals surface area contributed by atoms with Gasteiger partial charge in [0, 0.05) is 16.0 Å². The van der Waals surface area contributed by atoms with E-state index in [-0.39, 0.29) is 5.91 Å². The molecule has 1 rings (SSSR count). The van der Waals surface area contributed by atoms with E-state index in [9.17, 15) is 14.4 Å². The number of hydrazine groups is 1. The van der Waals surface area contributed by atoms with Gasteiger partial charge in [0.2, 0.25) is 5.91 Å². The maximum absolute atomic E-state index is 11.8. The van der Waals surface area contributed by atoms with E-state index < -0.39 is 23.3 Å². The molecular formula is C15H20ClN3O3. The molecule has 0 aromatic heterocycles. The van der Waals surface area contributed by atoms with E-state index in [1.165, 1.54) is 19.1 Å². The molecule has 0 bridgehead atoms. The largest absolute Gasteiger partial charge is 0.344 e. The fraction of sp³-hybridized carbons (Fsp3) is 0.400. The first-order chi connectivity index (χ1) is 10.1. The number of halogens is 1. The van der Waals surface area contributed by atoms with Crippen LogP contribution in [0.25, 0.3) is 0 Å². The van der Waals surface area contributed by atoms with Crippen molar-refractivity contribution in [3.05, 3.63) is 34.9 Å². The fourth-order valence-corrected chi connectivity index (χ4v) is 1.50. The minimum Gasteiger partial charge on any atom is -0.344 e. The van der Waals surface area contributed by atoms with Crippen molar-refractivity contribution in [3.63, 3.8) is 0 Å². The van der Waals surface area contributed by atoms with Crippen LogP contribution in [0.2, 0.25) is 5.02 Å². The Kier molecular flexibility index (Phi) is 5.93. The Labute approximate surface area is 134 Å². The summed E-state index contributed by atoms with van der Waals surface area (Å²) in [6.45, 7) is 6.77. The molecule has 0 aliphatic carbocycles. The number of carbonyl (C=O) groups excluding carboxylic acids is 3. The van der Waals surface area contributed by atoms with Gasteiger partial charge in [-0.05, 0) is 31.2 Å². The Bertz CT molecular complexity index is 564. The third-order valence-electron chi connectivity index (χ3n) is 2.83. The van der Waals surface area contributed by atoms with E-state index in [4.69, 9.17) is 11.6 Å². The molecular weight excluding hydrogens is 306 g/mol. The van der Waals surface area contributed by atoms with Gasteiger partial charge in [-0.15, -0.1) is 0 Å². The molecule has 6 nitrogen and oxygen atoms in total. The smallest absolute Gasteiger partial charge is 0.269 e. The topological polar surface area (TPSA) is 87.3 Å². The Morgan fingerprint density at radius 3 is 2.09 bits per heavy atom. The molecule has 120 valence electrons. The molecule has 0 saturated heterocycles. The molecule has 1 aromatic carbocycles. The maximum Gasteiger partial charge on any atom is 0.269 e. The molecule has 0 aliphatic rings. The number of hydrogen-bond donors (Lipinski definition) is 3. The summed E-state index contributed by atoms with van der Waals surface area (Å²) in [6, 6.07) is 5.45. The van der Waals surface area contributed by atoms with Crippen LogP contribution in [0, 0.1) is 5.41 Å². The van der Waals surface area contributed by atoms with Crippen LogP contribution < -0.4 is 16.2 Å². The van der Waals surface area contributed by atoms with Crippen LogP contribution >= 0.6 is 11.6 Å². The molecule has 0 heterocycles. The summed E-state index contributed by atoms with van der Waals surface area (Å²) < 4.78 is 0. The lowest BCUT2D eigenvalue weighted by molar-refractivity contribution is -0.133. The minimum absolute atomic E-state index is 0.251. The summed E-state index contributed by atoms with van der Waals surface area (Å²) in [7, 11) is 0. The van der Waals surface area contributed by atoms with E-state index in [1.807, 2.05) is 0 Å². The Balaban J connectivity index is 2.50.